The number of halogens is 3. The number of aromatic amines is 1. The van der Waals surface area contributed by atoms with Crippen molar-refractivity contribution in [2.45, 2.75) is 45.7 Å². The summed E-state index contributed by atoms with van der Waals surface area (Å²) in [4.78, 5) is 44.6. The number of carboxylic acid groups (broad SMARTS) is 1. The number of carbonyl (C=O) groups excluding carboxylic acids is 2. The number of amides is 1. The van der Waals surface area contributed by atoms with Crippen LogP contribution in [0.4, 0.5) is 18.3 Å². The Balaban J connectivity index is 2.30. The van der Waals surface area contributed by atoms with E-state index in [2.05, 4.69) is 15.3 Å². The Morgan fingerprint density at radius 1 is 1.27 bits per heavy atom. The fourth-order valence-electron chi connectivity index (χ4n) is 3.69. The monoisotopic (exact) mass is 480 g/mol. The maximum atomic E-state index is 13.7. The Kier molecular flexibility index (Phi) is 6.64. The number of hydrogen-bond donors (Lipinski definition) is 2. The van der Waals surface area contributed by atoms with Crippen LogP contribution in [0, 0.1) is 5.41 Å². The number of hydrogen-bond acceptors (Lipinski definition) is 6. The molecule has 1 aromatic carbocycles. The number of nitrogens with zero attached hydrogens (tertiary/aromatic N) is 1. The van der Waals surface area contributed by atoms with Gasteiger partial charge in [-0.05, 0) is 25.0 Å². The molecule has 0 spiro atoms. The van der Waals surface area contributed by atoms with E-state index in [0.29, 0.717) is 0 Å². The first-order valence-electron chi connectivity index (χ1n) is 10.0. The van der Waals surface area contributed by atoms with E-state index >= 15 is 0 Å². The molecule has 0 fully saturated rings. The first kappa shape index (κ1) is 24.4. The molecule has 3 rings (SSSR count). The van der Waals surface area contributed by atoms with E-state index in [1.165, 1.54) is 26.1 Å². The summed E-state index contributed by atoms with van der Waals surface area (Å²) in [6.45, 7) is 4.53. The third-order valence-corrected chi connectivity index (χ3v) is 6.15. The summed E-state index contributed by atoms with van der Waals surface area (Å²) in [6, 6.07) is 3.14. The molecule has 11 heteroatoms. The van der Waals surface area contributed by atoms with Gasteiger partial charge in [-0.1, -0.05) is 26.8 Å². The van der Waals surface area contributed by atoms with E-state index in [4.69, 9.17) is 0 Å². The highest BCUT2D eigenvalue weighted by Crippen LogP contribution is 2.37. The molecule has 0 saturated heterocycles. The number of nitrogens with one attached hydrogen (secondary N) is 2. The number of carbonyl (C=O) groups is 2. The smallest absolute Gasteiger partial charge is 0.418 e. The molecule has 2 aromatic heterocycles. The highest BCUT2D eigenvalue weighted by atomic mass is 32.1. The standard InChI is InChI=1S/C22H22F3N3O4S/c1-4-11(10-21(2,3)19(31)32)15-14(18(30)28-20-26-8-9-33-20)17(29)12-6-5-7-13(16(12)27-15)22(23,24)25/h5-9,11H,4,10H2,1-3H3,(H,27,29)(H,31,32)(H,26,28,30)/p-1. The van der Waals surface area contributed by atoms with Crippen LogP contribution in [0.15, 0.2) is 34.6 Å². The van der Waals surface area contributed by atoms with Crippen molar-refractivity contribution in [1.82, 2.24) is 9.97 Å². The van der Waals surface area contributed by atoms with Gasteiger partial charge in [-0.15, -0.1) is 11.3 Å². The highest BCUT2D eigenvalue weighted by Gasteiger charge is 2.35. The number of anilines is 1. The summed E-state index contributed by atoms with van der Waals surface area (Å²) in [6.07, 6.45) is -3.13. The summed E-state index contributed by atoms with van der Waals surface area (Å²) < 4.78 is 41.0. The van der Waals surface area contributed by atoms with Gasteiger partial charge >= 0.3 is 6.18 Å². The summed E-state index contributed by atoms with van der Waals surface area (Å²) in [5, 5.41) is 15.6. The lowest BCUT2D eigenvalue weighted by Crippen LogP contribution is -2.39. The van der Waals surface area contributed by atoms with Gasteiger partial charge in [0, 0.05) is 40.0 Å². The minimum Gasteiger partial charge on any atom is -0.550 e. The highest BCUT2D eigenvalue weighted by molar-refractivity contribution is 7.13. The number of rotatable bonds is 7. The van der Waals surface area contributed by atoms with Crippen LogP contribution in [0.25, 0.3) is 10.9 Å². The molecule has 7 nitrogen and oxygen atoms in total. The molecule has 176 valence electrons. The van der Waals surface area contributed by atoms with E-state index in [0.717, 1.165) is 23.5 Å². The molecule has 1 atom stereocenters. The Labute approximate surface area is 190 Å². The van der Waals surface area contributed by atoms with Crippen LogP contribution >= 0.6 is 11.3 Å². The molecular weight excluding hydrogens is 459 g/mol. The molecule has 0 aliphatic carbocycles. The normalized spacial score (nSPS) is 13.2. The SMILES string of the molecule is CCC(CC(C)(C)C(=O)[O-])c1[nH]c2c(C(F)(F)F)cccc2c(=O)c1C(=O)Nc1nccs1. The van der Waals surface area contributed by atoms with Crippen molar-refractivity contribution in [2.24, 2.45) is 5.41 Å². The lowest BCUT2D eigenvalue weighted by atomic mass is 9.79. The van der Waals surface area contributed by atoms with Crippen molar-refractivity contribution < 1.29 is 27.9 Å². The van der Waals surface area contributed by atoms with E-state index in [1.807, 2.05) is 0 Å². The molecule has 3 aromatic rings. The Morgan fingerprint density at radius 2 is 1.97 bits per heavy atom. The van der Waals surface area contributed by atoms with Crippen LogP contribution in [0.3, 0.4) is 0 Å². The average molecular weight is 480 g/mol. The summed E-state index contributed by atoms with van der Waals surface area (Å²) in [7, 11) is 0. The van der Waals surface area contributed by atoms with Crippen molar-refractivity contribution >= 4 is 39.2 Å². The minimum absolute atomic E-state index is 0.0601. The first-order valence-corrected chi connectivity index (χ1v) is 10.9. The number of benzene rings is 1. The van der Waals surface area contributed by atoms with Gasteiger partial charge in [0.1, 0.15) is 5.56 Å². The van der Waals surface area contributed by atoms with Crippen molar-refractivity contribution in [2.75, 3.05) is 5.32 Å². The third kappa shape index (κ3) is 4.92. The van der Waals surface area contributed by atoms with Gasteiger partial charge in [-0.25, -0.2) is 4.98 Å². The second kappa shape index (κ2) is 8.97. The number of pyridine rings is 1. The molecule has 1 unspecified atom stereocenters. The van der Waals surface area contributed by atoms with Crippen LogP contribution < -0.4 is 15.9 Å². The molecule has 0 bridgehead atoms. The largest absolute Gasteiger partial charge is 0.550 e. The van der Waals surface area contributed by atoms with E-state index in [9.17, 15) is 32.7 Å². The Hall–Kier alpha value is -3.21. The molecule has 0 aliphatic heterocycles. The van der Waals surface area contributed by atoms with Gasteiger partial charge in [-0.2, -0.15) is 13.2 Å². The summed E-state index contributed by atoms with van der Waals surface area (Å²) >= 11 is 1.11. The number of fused-ring (bicyclic) bond motifs is 1. The lowest BCUT2D eigenvalue weighted by molar-refractivity contribution is -0.318. The maximum Gasteiger partial charge on any atom is 0.418 e. The average Bonchev–Trinajstić information content (AvgIpc) is 3.23. The number of para-hydroxylation sites is 1. The van der Waals surface area contributed by atoms with Gasteiger partial charge in [0.2, 0.25) is 5.43 Å². The molecule has 0 saturated carbocycles. The van der Waals surface area contributed by atoms with Crippen molar-refractivity contribution in [3.8, 4) is 0 Å². The van der Waals surface area contributed by atoms with Crippen LogP contribution in [0.5, 0.6) is 0 Å². The van der Waals surface area contributed by atoms with Crippen molar-refractivity contribution in [1.29, 1.82) is 0 Å². The number of thiazole rings is 1. The van der Waals surface area contributed by atoms with Crippen LogP contribution in [-0.2, 0) is 11.0 Å². The number of carboxylic acids is 1. The molecule has 2 heterocycles. The second-order valence-electron chi connectivity index (χ2n) is 8.24. The van der Waals surface area contributed by atoms with Crippen molar-refractivity contribution in [3.63, 3.8) is 0 Å². The summed E-state index contributed by atoms with van der Waals surface area (Å²) in [5.74, 6) is -2.94. The second-order valence-corrected chi connectivity index (χ2v) is 9.14. The minimum atomic E-state index is -4.75. The fourth-order valence-corrected chi connectivity index (χ4v) is 4.22. The maximum absolute atomic E-state index is 13.7. The predicted molar refractivity (Wildman–Crippen MR) is 116 cm³/mol. The van der Waals surface area contributed by atoms with E-state index in [1.54, 1.807) is 12.3 Å². The van der Waals surface area contributed by atoms with Crippen LogP contribution in [0.2, 0.25) is 0 Å². The lowest BCUT2D eigenvalue weighted by Gasteiger charge is -2.31. The molecule has 33 heavy (non-hydrogen) atoms. The molecule has 0 aliphatic rings. The van der Waals surface area contributed by atoms with Gasteiger partial charge < -0.3 is 14.9 Å². The predicted octanol–water partition coefficient (Wildman–Crippen LogP) is 3.92. The first-order chi connectivity index (χ1) is 15.4. The van der Waals surface area contributed by atoms with Crippen LogP contribution in [-0.4, -0.2) is 21.8 Å². The van der Waals surface area contributed by atoms with E-state index < -0.39 is 45.9 Å². The summed E-state index contributed by atoms with van der Waals surface area (Å²) in [5.41, 5.74) is -4.20. The molecule has 0 radical (unpaired) electrons. The topological polar surface area (TPSA) is 115 Å². The number of aliphatic carboxylic acids is 1. The zero-order valence-electron chi connectivity index (χ0n) is 18.0. The van der Waals surface area contributed by atoms with Gasteiger partial charge in [0.05, 0.1) is 11.1 Å². The number of alkyl halides is 3. The molecular formula is C22H21F3N3O4S-. The zero-order valence-corrected chi connectivity index (χ0v) is 18.8. The van der Waals surface area contributed by atoms with Crippen LogP contribution in [0.1, 0.15) is 61.1 Å². The van der Waals surface area contributed by atoms with Gasteiger partial charge in [-0.3, -0.25) is 14.9 Å². The van der Waals surface area contributed by atoms with Gasteiger partial charge in [0.15, 0.2) is 5.13 Å². The quantitative estimate of drug-likeness (QED) is 0.532. The number of aromatic nitrogens is 2. The molecule has 1 amide bonds. The Morgan fingerprint density at radius 3 is 2.52 bits per heavy atom. The fraction of sp³-hybridized carbons (Fsp3) is 0.364. The van der Waals surface area contributed by atoms with Gasteiger partial charge in [0.25, 0.3) is 5.91 Å². The molecule has 2 N–H and O–H groups in total. The zero-order chi connectivity index (χ0) is 24.6. The third-order valence-electron chi connectivity index (χ3n) is 5.46. The Bertz CT molecular complexity index is 1250. The number of H-pyrrole nitrogens is 1. The van der Waals surface area contributed by atoms with E-state index in [-0.39, 0.29) is 34.6 Å². The van der Waals surface area contributed by atoms with Crippen molar-refractivity contribution in [3.05, 3.63) is 56.8 Å².